The molecule has 0 bridgehead atoms. The molecule has 7 nitrogen and oxygen atoms in total. The van der Waals surface area contributed by atoms with Crippen LogP contribution in [0.25, 0.3) is 11.0 Å². The number of imidazole rings is 1. The van der Waals surface area contributed by atoms with Gasteiger partial charge in [-0.15, -0.1) is 0 Å². The van der Waals surface area contributed by atoms with Crippen molar-refractivity contribution in [1.29, 1.82) is 0 Å². The number of nitrogens with one attached hydrogen (secondary N) is 2. The standard InChI is InChI=1S/C31H40Cl2N4O3/c1-6-40-26-16-25-24(14-22(26)29(38)34-17-19-10-8-7-9-11-19)36-27(37(25)5)15-21-23(32)13-12-20(28(21)33)18-35-30(39)31(2,3)4/h12-14,16,19H,6-11,15,17-18H2,1-5H3,(H,34,38)(H,35,39). The van der Waals surface area contributed by atoms with Gasteiger partial charge in [-0.2, -0.15) is 0 Å². The molecule has 1 aromatic heterocycles. The number of fused-ring (bicyclic) bond motifs is 1. The van der Waals surface area contributed by atoms with Crippen molar-refractivity contribution in [2.75, 3.05) is 13.2 Å². The number of halogens is 2. The maximum atomic E-state index is 13.2. The maximum Gasteiger partial charge on any atom is 0.255 e. The van der Waals surface area contributed by atoms with Crippen molar-refractivity contribution < 1.29 is 14.3 Å². The van der Waals surface area contributed by atoms with Crippen molar-refractivity contribution in [1.82, 2.24) is 20.2 Å². The topological polar surface area (TPSA) is 85.2 Å². The smallest absolute Gasteiger partial charge is 0.255 e. The molecular formula is C31H40Cl2N4O3. The first-order valence-electron chi connectivity index (χ1n) is 14.1. The second-order valence-corrected chi connectivity index (χ2v) is 12.5. The van der Waals surface area contributed by atoms with E-state index in [1.807, 2.05) is 57.5 Å². The van der Waals surface area contributed by atoms with Crippen LogP contribution >= 0.6 is 23.2 Å². The minimum absolute atomic E-state index is 0.0564. The van der Waals surface area contributed by atoms with Crippen LogP contribution in [-0.2, 0) is 24.8 Å². The average molecular weight is 588 g/mol. The molecule has 4 rings (SSSR count). The molecule has 1 aliphatic carbocycles. The molecule has 2 aromatic carbocycles. The van der Waals surface area contributed by atoms with E-state index in [1.54, 1.807) is 6.07 Å². The first kappa shape index (κ1) is 30.2. The SMILES string of the molecule is CCOc1cc2c(cc1C(=O)NCC1CCCCC1)nc(Cc1c(Cl)ccc(CNC(=O)C(C)(C)C)c1Cl)n2C. The molecule has 1 fully saturated rings. The molecule has 2 N–H and O–H groups in total. The van der Waals surface area contributed by atoms with Gasteiger partial charge in [-0.3, -0.25) is 9.59 Å². The zero-order valence-corrected chi connectivity index (χ0v) is 25.6. The van der Waals surface area contributed by atoms with Crippen LogP contribution in [0.3, 0.4) is 0 Å². The second kappa shape index (κ2) is 12.8. The minimum atomic E-state index is -0.499. The normalized spacial score (nSPS) is 14.4. The quantitative estimate of drug-likeness (QED) is 0.287. The highest BCUT2D eigenvalue weighted by atomic mass is 35.5. The number of hydrogen-bond acceptors (Lipinski definition) is 4. The fraction of sp³-hybridized carbons (Fsp3) is 0.516. The largest absolute Gasteiger partial charge is 0.493 e. The minimum Gasteiger partial charge on any atom is -0.493 e. The van der Waals surface area contributed by atoms with Crippen molar-refractivity contribution >= 4 is 46.0 Å². The van der Waals surface area contributed by atoms with Crippen molar-refractivity contribution in [3.05, 3.63) is 56.8 Å². The van der Waals surface area contributed by atoms with Crippen molar-refractivity contribution in [3.8, 4) is 5.75 Å². The number of ether oxygens (including phenoxy) is 1. The van der Waals surface area contributed by atoms with Crippen LogP contribution in [0.1, 0.15) is 87.1 Å². The van der Waals surface area contributed by atoms with Gasteiger partial charge in [-0.25, -0.2) is 4.98 Å². The Morgan fingerprint density at radius 1 is 1.10 bits per heavy atom. The van der Waals surface area contributed by atoms with Gasteiger partial charge in [0.05, 0.1) is 28.2 Å². The average Bonchev–Trinajstić information content (AvgIpc) is 3.22. The lowest BCUT2D eigenvalue weighted by Crippen LogP contribution is -2.34. The molecule has 0 atom stereocenters. The van der Waals surface area contributed by atoms with E-state index in [0.29, 0.717) is 58.9 Å². The summed E-state index contributed by atoms with van der Waals surface area (Å²) in [7, 11) is 1.93. The van der Waals surface area contributed by atoms with E-state index in [9.17, 15) is 9.59 Å². The second-order valence-electron chi connectivity index (χ2n) is 11.7. The Balaban J connectivity index is 1.59. The number of carbonyl (C=O) groups is 2. The van der Waals surface area contributed by atoms with Gasteiger partial charge in [-0.1, -0.05) is 69.3 Å². The third-order valence-electron chi connectivity index (χ3n) is 7.62. The monoisotopic (exact) mass is 586 g/mol. The Bertz CT molecular complexity index is 1390. The van der Waals surface area contributed by atoms with Crippen LogP contribution in [0.5, 0.6) is 5.75 Å². The third kappa shape index (κ3) is 6.92. The number of benzene rings is 2. The van der Waals surface area contributed by atoms with Gasteiger partial charge in [-0.05, 0) is 48.9 Å². The number of aromatic nitrogens is 2. The van der Waals surface area contributed by atoms with Crippen LogP contribution in [0.4, 0.5) is 0 Å². The van der Waals surface area contributed by atoms with E-state index in [0.717, 1.165) is 35.3 Å². The van der Waals surface area contributed by atoms with Crippen LogP contribution < -0.4 is 15.4 Å². The Kier molecular flexibility index (Phi) is 9.68. The maximum absolute atomic E-state index is 13.2. The molecular weight excluding hydrogens is 547 g/mol. The van der Waals surface area contributed by atoms with E-state index >= 15 is 0 Å². The van der Waals surface area contributed by atoms with Gasteiger partial charge in [0.2, 0.25) is 5.91 Å². The molecule has 40 heavy (non-hydrogen) atoms. The van der Waals surface area contributed by atoms with E-state index in [-0.39, 0.29) is 11.8 Å². The molecule has 0 radical (unpaired) electrons. The zero-order valence-electron chi connectivity index (χ0n) is 24.1. The summed E-state index contributed by atoms with van der Waals surface area (Å²) in [4.78, 5) is 30.5. The third-order valence-corrected chi connectivity index (χ3v) is 8.44. The molecule has 0 spiro atoms. The molecule has 3 aromatic rings. The predicted molar refractivity (Wildman–Crippen MR) is 161 cm³/mol. The van der Waals surface area contributed by atoms with Crippen LogP contribution in [0, 0.1) is 11.3 Å². The fourth-order valence-corrected chi connectivity index (χ4v) is 5.72. The lowest BCUT2D eigenvalue weighted by Gasteiger charge is -2.22. The molecule has 216 valence electrons. The number of amides is 2. The molecule has 9 heteroatoms. The van der Waals surface area contributed by atoms with Crippen molar-refractivity contribution in [2.45, 2.75) is 72.8 Å². The van der Waals surface area contributed by atoms with Gasteiger partial charge in [0.25, 0.3) is 5.91 Å². The summed E-state index contributed by atoms with van der Waals surface area (Å²) < 4.78 is 7.86. The highest BCUT2D eigenvalue weighted by Crippen LogP contribution is 2.33. The molecule has 1 aliphatic rings. The molecule has 1 saturated carbocycles. The van der Waals surface area contributed by atoms with Gasteiger partial charge in [0, 0.05) is 43.1 Å². The Labute approximate surface area is 247 Å². The van der Waals surface area contributed by atoms with Crippen LogP contribution in [0.2, 0.25) is 10.0 Å². The fourth-order valence-electron chi connectivity index (χ4n) is 5.15. The number of carbonyl (C=O) groups excluding carboxylic acids is 2. The van der Waals surface area contributed by atoms with E-state index in [2.05, 4.69) is 10.6 Å². The summed E-state index contributed by atoms with van der Waals surface area (Å²) in [6.45, 7) is 8.94. The number of nitrogens with zero attached hydrogens (tertiary/aromatic N) is 2. The number of aryl methyl sites for hydroxylation is 1. The molecule has 1 heterocycles. The predicted octanol–water partition coefficient (Wildman–Crippen LogP) is 6.84. The molecule has 0 saturated heterocycles. The molecule has 0 aliphatic heterocycles. The number of hydrogen-bond donors (Lipinski definition) is 2. The van der Waals surface area contributed by atoms with Crippen molar-refractivity contribution in [3.63, 3.8) is 0 Å². The summed E-state index contributed by atoms with van der Waals surface area (Å²) in [5, 5.41) is 7.11. The first-order chi connectivity index (χ1) is 19.0. The van der Waals surface area contributed by atoms with E-state index in [4.69, 9.17) is 32.9 Å². The summed E-state index contributed by atoms with van der Waals surface area (Å²) in [6.07, 6.45) is 6.46. The summed E-state index contributed by atoms with van der Waals surface area (Å²) >= 11 is 13.4. The Hall–Kier alpha value is -2.77. The number of rotatable bonds is 9. The first-order valence-corrected chi connectivity index (χ1v) is 14.9. The highest BCUT2D eigenvalue weighted by Gasteiger charge is 2.23. The molecule has 0 unspecified atom stereocenters. The van der Waals surface area contributed by atoms with Crippen molar-refractivity contribution in [2.24, 2.45) is 18.4 Å². The summed E-state index contributed by atoms with van der Waals surface area (Å²) in [5.41, 5.74) is 3.06. The highest BCUT2D eigenvalue weighted by molar-refractivity contribution is 6.36. The summed E-state index contributed by atoms with van der Waals surface area (Å²) in [6, 6.07) is 7.32. The Morgan fingerprint density at radius 3 is 2.50 bits per heavy atom. The van der Waals surface area contributed by atoms with Gasteiger partial charge in [0.1, 0.15) is 11.6 Å². The molecule has 2 amide bonds. The van der Waals surface area contributed by atoms with Gasteiger partial charge >= 0.3 is 0 Å². The van der Waals surface area contributed by atoms with Crippen LogP contribution in [-0.4, -0.2) is 34.5 Å². The van der Waals surface area contributed by atoms with Gasteiger partial charge < -0.3 is 19.9 Å². The lowest BCUT2D eigenvalue weighted by molar-refractivity contribution is -0.128. The van der Waals surface area contributed by atoms with E-state index in [1.165, 1.54) is 19.3 Å². The van der Waals surface area contributed by atoms with Crippen LogP contribution in [0.15, 0.2) is 24.3 Å². The lowest BCUT2D eigenvalue weighted by atomic mass is 9.89. The van der Waals surface area contributed by atoms with E-state index < -0.39 is 5.41 Å². The summed E-state index contributed by atoms with van der Waals surface area (Å²) in [5.74, 6) is 1.62. The Morgan fingerprint density at radius 2 is 1.82 bits per heavy atom. The van der Waals surface area contributed by atoms with Gasteiger partial charge in [0.15, 0.2) is 0 Å². The zero-order chi connectivity index (χ0) is 29.0.